The predicted molar refractivity (Wildman–Crippen MR) is 160 cm³/mol. The Balaban J connectivity index is 1.16. The molecule has 1 aliphatic carbocycles. The monoisotopic (exact) mass is 608 g/mol. The van der Waals surface area contributed by atoms with Gasteiger partial charge in [-0.3, -0.25) is 20.1 Å². The summed E-state index contributed by atoms with van der Waals surface area (Å²) in [6.07, 6.45) is 7.21. The molecule has 2 unspecified atom stereocenters. The fourth-order valence-electron chi connectivity index (χ4n) is 6.24. The molecule has 40 heavy (non-hydrogen) atoms. The van der Waals surface area contributed by atoms with E-state index in [2.05, 4.69) is 72.1 Å². The van der Waals surface area contributed by atoms with Crippen LogP contribution in [0.4, 0.5) is 5.82 Å². The number of carbonyl (C=O) groups is 1. The van der Waals surface area contributed by atoms with E-state index in [4.69, 9.17) is 0 Å². The first kappa shape index (κ1) is 28.9. The number of carbonyl (C=O) groups excluding carboxylic acids is 1. The van der Waals surface area contributed by atoms with E-state index < -0.39 is 0 Å². The minimum atomic E-state index is -0.183. The molecule has 1 amide bonds. The number of amides is 1. The maximum atomic E-state index is 13.4. The Bertz CT molecular complexity index is 1190. The van der Waals surface area contributed by atoms with Crippen LogP contribution in [0.15, 0.2) is 34.9 Å². The van der Waals surface area contributed by atoms with Crippen LogP contribution in [0.1, 0.15) is 60.8 Å². The van der Waals surface area contributed by atoms with Gasteiger partial charge >= 0.3 is 0 Å². The zero-order valence-electron chi connectivity index (χ0n) is 23.7. The Morgan fingerprint density at radius 1 is 1.07 bits per heavy atom. The molecule has 1 saturated carbocycles. The number of nitrogens with one attached hydrogen (secondary N) is 1. The molecule has 3 heterocycles. The van der Waals surface area contributed by atoms with Crippen LogP contribution in [0, 0.1) is 23.2 Å². The summed E-state index contributed by atoms with van der Waals surface area (Å²) >= 11 is 3.52. The van der Waals surface area contributed by atoms with Crippen molar-refractivity contribution in [3.63, 3.8) is 0 Å². The summed E-state index contributed by atoms with van der Waals surface area (Å²) in [5.74, 6) is 1.83. The van der Waals surface area contributed by atoms with Gasteiger partial charge in [-0.05, 0) is 97.7 Å². The first-order chi connectivity index (χ1) is 19.4. The molecule has 10 heteroatoms. The number of nitrogens with zero attached hydrogens (tertiary/aromatic N) is 7. The molecule has 2 saturated heterocycles. The van der Waals surface area contributed by atoms with Crippen molar-refractivity contribution in [2.75, 3.05) is 57.9 Å². The average molecular weight is 610 g/mol. The van der Waals surface area contributed by atoms with Crippen LogP contribution in [0.5, 0.6) is 0 Å². The van der Waals surface area contributed by atoms with Gasteiger partial charge in [0, 0.05) is 51.0 Å². The van der Waals surface area contributed by atoms with Crippen molar-refractivity contribution >= 4 is 27.7 Å². The third kappa shape index (κ3) is 7.38. The standard InChI is InChI=1S/C30H41BrN8O/c1-22-3-8-26(17-22)39(29-27(31)19-33-28(18-32)34-29)35-30(40)25-6-4-23(5-7-25)20-37-13-15-38(16-14-37)21-24-9-11-36(2)12-10-24/h4-7,19,22,24,26H,3,8-17,20-21H2,1-2H3,(H,35,40). The van der Waals surface area contributed by atoms with Crippen molar-refractivity contribution in [2.24, 2.45) is 11.8 Å². The molecular weight excluding hydrogens is 568 g/mol. The normalized spacial score (nSPS) is 23.1. The van der Waals surface area contributed by atoms with E-state index >= 15 is 0 Å². The first-order valence-electron chi connectivity index (χ1n) is 14.6. The highest BCUT2D eigenvalue weighted by Gasteiger charge is 2.31. The third-order valence-corrected chi connectivity index (χ3v) is 9.31. The lowest BCUT2D eigenvalue weighted by Gasteiger charge is -2.38. The summed E-state index contributed by atoms with van der Waals surface area (Å²) in [5.41, 5.74) is 4.92. The number of rotatable bonds is 8. The molecule has 2 aromatic rings. The largest absolute Gasteiger partial charge is 0.306 e. The Labute approximate surface area is 246 Å². The SMILES string of the molecule is CC1CCC(N(NC(=O)c2ccc(CN3CCN(CC4CCN(C)CC4)CC3)cc2)c2nc(C#N)ncc2Br)C1. The van der Waals surface area contributed by atoms with Gasteiger partial charge in [-0.15, -0.1) is 0 Å². The van der Waals surface area contributed by atoms with Gasteiger partial charge in [0.25, 0.3) is 5.91 Å². The van der Waals surface area contributed by atoms with Crippen LogP contribution in [-0.2, 0) is 6.54 Å². The highest BCUT2D eigenvalue weighted by atomic mass is 79.9. The number of piperidine rings is 1. The molecule has 3 aliphatic rings. The van der Waals surface area contributed by atoms with Crippen LogP contribution < -0.4 is 10.4 Å². The quantitative estimate of drug-likeness (QED) is 0.451. The number of benzene rings is 1. The van der Waals surface area contributed by atoms with Crippen LogP contribution in [0.25, 0.3) is 0 Å². The lowest BCUT2D eigenvalue weighted by molar-refractivity contribution is 0.0942. The molecule has 0 radical (unpaired) electrons. The summed E-state index contributed by atoms with van der Waals surface area (Å²) in [7, 11) is 2.23. The summed E-state index contributed by atoms with van der Waals surface area (Å²) in [4.78, 5) is 29.4. The van der Waals surface area contributed by atoms with Crippen molar-refractivity contribution in [2.45, 2.75) is 51.6 Å². The third-order valence-electron chi connectivity index (χ3n) is 8.75. The van der Waals surface area contributed by atoms with Gasteiger partial charge in [-0.1, -0.05) is 19.1 Å². The van der Waals surface area contributed by atoms with Gasteiger partial charge in [0.15, 0.2) is 5.82 Å². The molecule has 1 aromatic heterocycles. The van der Waals surface area contributed by atoms with Crippen LogP contribution in [0.2, 0.25) is 0 Å². The van der Waals surface area contributed by atoms with E-state index in [1.807, 2.05) is 23.2 Å². The second-order valence-electron chi connectivity index (χ2n) is 11.9. The van der Waals surface area contributed by atoms with Crippen molar-refractivity contribution in [3.8, 4) is 6.07 Å². The van der Waals surface area contributed by atoms with Gasteiger partial charge in [-0.2, -0.15) is 10.2 Å². The number of hydrogen-bond donors (Lipinski definition) is 1. The number of hydrogen-bond acceptors (Lipinski definition) is 8. The Hall–Kier alpha value is -2.58. The van der Waals surface area contributed by atoms with Crippen molar-refractivity contribution in [1.29, 1.82) is 5.26 Å². The summed E-state index contributed by atoms with van der Waals surface area (Å²) < 4.78 is 0.646. The topological polar surface area (TPSA) is 91.6 Å². The minimum Gasteiger partial charge on any atom is -0.306 e. The maximum Gasteiger partial charge on any atom is 0.269 e. The lowest BCUT2D eigenvalue weighted by atomic mass is 9.96. The van der Waals surface area contributed by atoms with E-state index in [1.54, 1.807) is 6.20 Å². The fourth-order valence-corrected chi connectivity index (χ4v) is 6.63. The molecule has 2 aliphatic heterocycles. The van der Waals surface area contributed by atoms with E-state index in [0.717, 1.165) is 57.9 Å². The lowest BCUT2D eigenvalue weighted by Crippen LogP contribution is -2.49. The summed E-state index contributed by atoms with van der Waals surface area (Å²) in [5, 5.41) is 11.2. The van der Waals surface area contributed by atoms with Gasteiger partial charge in [0.1, 0.15) is 6.07 Å². The fraction of sp³-hybridized carbons (Fsp3) is 0.600. The van der Waals surface area contributed by atoms with E-state index in [0.29, 0.717) is 21.8 Å². The molecule has 0 spiro atoms. The molecule has 9 nitrogen and oxygen atoms in total. The summed E-state index contributed by atoms with van der Waals surface area (Å²) in [6, 6.07) is 10.1. The van der Waals surface area contributed by atoms with Crippen molar-refractivity contribution < 1.29 is 4.79 Å². The van der Waals surface area contributed by atoms with Crippen molar-refractivity contribution in [1.82, 2.24) is 30.1 Å². The number of likely N-dealkylation sites (tertiary alicyclic amines) is 1. The second-order valence-corrected chi connectivity index (χ2v) is 12.7. The highest BCUT2D eigenvalue weighted by molar-refractivity contribution is 9.10. The highest BCUT2D eigenvalue weighted by Crippen LogP contribution is 2.33. The second kappa shape index (κ2) is 13.4. The Morgan fingerprint density at radius 2 is 1.77 bits per heavy atom. The Kier molecular flexibility index (Phi) is 9.68. The summed E-state index contributed by atoms with van der Waals surface area (Å²) in [6.45, 7) is 11.3. The average Bonchev–Trinajstić information content (AvgIpc) is 3.40. The first-order valence-corrected chi connectivity index (χ1v) is 15.4. The molecule has 2 atom stereocenters. The number of nitriles is 1. The zero-order valence-corrected chi connectivity index (χ0v) is 25.3. The molecule has 0 bridgehead atoms. The smallest absolute Gasteiger partial charge is 0.269 e. The minimum absolute atomic E-state index is 0.0792. The number of aromatic nitrogens is 2. The van der Waals surface area contributed by atoms with Crippen molar-refractivity contribution in [3.05, 3.63) is 51.9 Å². The number of anilines is 1. The molecule has 214 valence electrons. The Morgan fingerprint density at radius 3 is 2.42 bits per heavy atom. The van der Waals surface area contributed by atoms with E-state index in [-0.39, 0.29) is 17.8 Å². The number of halogens is 1. The molecule has 1 N–H and O–H groups in total. The molecule has 1 aromatic carbocycles. The predicted octanol–water partition coefficient (Wildman–Crippen LogP) is 3.91. The van der Waals surface area contributed by atoms with E-state index in [9.17, 15) is 10.1 Å². The van der Waals surface area contributed by atoms with Gasteiger partial charge in [0.05, 0.1) is 10.5 Å². The number of hydrazine groups is 1. The zero-order chi connectivity index (χ0) is 28.1. The molecule has 3 fully saturated rings. The van der Waals surface area contributed by atoms with E-state index in [1.165, 1.54) is 38.0 Å². The van der Waals surface area contributed by atoms with Gasteiger partial charge in [-0.25, -0.2) is 4.98 Å². The maximum absolute atomic E-state index is 13.4. The molecule has 5 rings (SSSR count). The van der Waals surface area contributed by atoms with Crippen LogP contribution >= 0.6 is 15.9 Å². The number of piperazine rings is 1. The van der Waals surface area contributed by atoms with Gasteiger partial charge < -0.3 is 9.80 Å². The molecular formula is C30H41BrN8O. The van der Waals surface area contributed by atoms with Gasteiger partial charge in [0.2, 0.25) is 5.82 Å². The van der Waals surface area contributed by atoms with Crippen LogP contribution in [-0.4, -0.2) is 89.5 Å². The van der Waals surface area contributed by atoms with Crippen LogP contribution in [0.3, 0.4) is 0 Å².